The Morgan fingerprint density at radius 2 is 2.00 bits per heavy atom. The number of rotatable bonds is 5. The van der Waals surface area contributed by atoms with Gasteiger partial charge in [0.2, 0.25) is 5.95 Å². The van der Waals surface area contributed by atoms with Gasteiger partial charge in [0, 0.05) is 55.2 Å². The smallest absolute Gasteiger partial charge is 0.225 e. The molecule has 6 heteroatoms. The van der Waals surface area contributed by atoms with Crippen molar-refractivity contribution in [2.75, 3.05) is 37.6 Å². The maximum Gasteiger partial charge on any atom is 0.225 e. The Hall–Kier alpha value is -2.47. The molecule has 1 aromatic carbocycles. The average Bonchev–Trinajstić information content (AvgIpc) is 3.04. The topological polar surface area (TPSA) is 48.1 Å². The number of fused-ring (bicyclic) bond motifs is 1. The Morgan fingerprint density at radius 3 is 2.81 bits per heavy atom. The largest absolute Gasteiger partial charge is 0.361 e. The van der Waals surface area contributed by atoms with E-state index in [0.29, 0.717) is 0 Å². The lowest BCUT2D eigenvalue weighted by molar-refractivity contribution is 0.254. The molecule has 0 unspecified atom stereocenters. The van der Waals surface area contributed by atoms with Crippen LogP contribution in [0, 0.1) is 12.7 Å². The van der Waals surface area contributed by atoms with Crippen molar-refractivity contribution < 1.29 is 4.39 Å². The Kier molecular flexibility index (Phi) is 4.84. The number of H-pyrrole nitrogens is 1. The summed E-state index contributed by atoms with van der Waals surface area (Å²) >= 11 is 0. The molecule has 26 heavy (non-hydrogen) atoms. The van der Waals surface area contributed by atoms with Gasteiger partial charge in [-0.1, -0.05) is 0 Å². The van der Waals surface area contributed by atoms with Crippen molar-refractivity contribution >= 4 is 16.9 Å². The lowest BCUT2D eigenvalue weighted by atomic mass is 10.1. The Bertz CT molecular complexity index is 883. The minimum Gasteiger partial charge on any atom is -0.361 e. The van der Waals surface area contributed by atoms with Gasteiger partial charge in [0.15, 0.2) is 0 Å². The van der Waals surface area contributed by atoms with E-state index in [9.17, 15) is 4.39 Å². The first-order valence-electron chi connectivity index (χ1n) is 9.21. The molecule has 0 bridgehead atoms. The summed E-state index contributed by atoms with van der Waals surface area (Å²) in [6, 6.07) is 6.86. The van der Waals surface area contributed by atoms with Crippen LogP contribution in [0.25, 0.3) is 10.9 Å². The van der Waals surface area contributed by atoms with E-state index in [1.165, 1.54) is 11.6 Å². The van der Waals surface area contributed by atoms with Crippen LogP contribution in [0.5, 0.6) is 0 Å². The average molecular weight is 353 g/mol. The van der Waals surface area contributed by atoms with E-state index in [2.05, 4.69) is 24.8 Å². The van der Waals surface area contributed by atoms with Crippen LogP contribution >= 0.6 is 0 Å². The van der Waals surface area contributed by atoms with E-state index in [1.807, 2.05) is 25.4 Å². The van der Waals surface area contributed by atoms with Gasteiger partial charge in [-0.2, -0.15) is 0 Å². The fourth-order valence-corrected chi connectivity index (χ4v) is 3.61. The molecule has 1 fully saturated rings. The van der Waals surface area contributed by atoms with Crippen LogP contribution in [0.1, 0.15) is 17.7 Å². The molecule has 0 radical (unpaired) electrons. The van der Waals surface area contributed by atoms with Crippen molar-refractivity contribution in [2.24, 2.45) is 0 Å². The van der Waals surface area contributed by atoms with E-state index in [0.717, 1.165) is 68.1 Å². The number of nitrogens with one attached hydrogen (secondary N) is 1. The van der Waals surface area contributed by atoms with Crippen molar-refractivity contribution in [2.45, 2.75) is 19.8 Å². The molecule has 3 heterocycles. The third kappa shape index (κ3) is 3.70. The van der Waals surface area contributed by atoms with Crippen molar-refractivity contribution in [1.82, 2.24) is 19.9 Å². The van der Waals surface area contributed by atoms with Crippen molar-refractivity contribution in [3.63, 3.8) is 0 Å². The van der Waals surface area contributed by atoms with E-state index in [-0.39, 0.29) is 5.82 Å². The molecule has 0 saturated carbocycles. The predicted octanol–water partition coefficient (Wildman–Crippen LogP) is 3.16. The van der Waals surface area contributed by atoms with Gasteiger partial charge < -0.3 is 9.88 Å². The van der Waals surface area contributed by atoms with Crippen molar-refractivity contribution in [3.8, 4) is 0 Å². The van der Waals surface area contributed by atoms with Crippen LogP contribution in [-0.4, -0.2) is 52.6 Å². The van der Waals surface area contributed by atoms with Gasteiger partial charge in [0.25, 0.3) is 0 Å². The Morgan fingerprint density at radius 1 is 1.15 bits per heavy atom. The number of aryl methyl sites for hydroxylation is 2. The lowest BCUT2D eigenvalue weighted by Gasteiger charge is -2.34. The summed E-state index contributed by atoms with van der Waals surface area (Å²) in [6.07, 6.45) is 5.88. The number of aromatic nitrogens is 3. The number of nitrogens with zero attached hydrogens (tertiary/aromatic N) is 4. The summed E-state index contributed by atoms with van der Waals surface area (Å²) in [7, 11) is 0. The number of piperazine rings is 1. The standard InChI is InChI=1S/C20H24FN5/c1-15-6-7-22-20(24-15)26-11-9-25(10-12-26)8-2-3-16-14-23-19-5-4-17(21)13-18(16)19/h4-7,13-14,23H,2-3,8-12H2,1H3. The summed E-state index contributed by atoms with van der Waals surface area (Å²) < 4.78 is 13.5. The molecule has 3 aromatic rings. The molecule has 1 N–H and O–H groups in total. The normalized spacial score (nSPS) is 15.7. The van der Waals surface area contributed by atoms with E-state index in [4.69, 9.17) is 0 Å². The summed E-state index contributed by atoms with van der Waals surface area (Å²) in [4.78, 5) is 16.9. The second-order valence-electron chi connectivity index (χ2n) is 6.93. The van der Waals surface area contributed by atoms with Gasteiger partial charge in [-0.25, -0.2) is 14.4 Å². The number of hydrogen-bond donors (Lipinski definition) is 1. The second kappa shape index (κ2) is 7.41. The monoisotopic (exact) mass is 353 g/mol. The summed E-state index contributed by atoms with van der Waals surface area (Å²) in [5.74, 6) is 0.665. The third-order valence-corrected chi connectivity index (χ3v) is 5.09. The molecule has 0 aliphatic carbocycles. The number of anilines is 1. The molecule has 4 rings (SSSR count). The van der Waals surface area contributed by atoms with Gasteiger partial charge in [0.1, 0.15) is 5.82 Å². The Labute approximate surface area is 152 Å². The molecule has 5 nitrogen and oxygen atoms in total. The molecule has 0 atom stereocenters. The summed E-state index contributed by atoms with van der Waals surface area (Å²) in [6.45, 7) is 7.03. The fraction of sp³-hybridized carbons (Fsp3) is 0.400. The fourth-order valence-electron chi connectivity index (χ4n) is 3.61. The predicted molar refractivity (Wildman–Crippen MR) is 102 cm³/mol. The van der Waals surface area contributed by atoms with Crippen LogP contribution in [0.3, 0.4) is 0 Å². The van der Waals surface area contributed by atoms with Gasteiger partial charge in [-0.3, -0.25) is 4.90 Å². The van der Waals surface area contributed by atoms with Crippen LogP contribution in [-0.2, 0) is 6.42 Å². The highest BCUT2D eigenvalue weighted by Crippen LogP contribution is 2.21. The zero-order valence-electron chi connectivity index (χ0n) is 15.1. The number of hydrogen-bond acceptors (Lipinski definition) is 4. The van der Waals surface area contributed by atoms with Gasteiger partial charge in [-0.15, -0.1) is 0 Å². The van der Waals surface area contributed by atoms with Gasteiger partial charge in [0.05, 0.1) is 0 Å². The van der Waals surface area contributed by atoms with E-state index >= 15 is 0 Å². The number of benzene rings is 1. The highest BCUT2D eigenvalue weighted by molar-refractivity contribution is 5.83. The molecule has 136 valence electrons. The van der Waals surface area contributed by atoms with Gasteiger partial charge in [-0.05, 0) is 56.1 Å². The summed E-state index contributed by atoms with van der Waals surface area (Å²) in [5.41, 5.74) is 3.21. The SMILES string of the molecule is Cc1ccnc(N2CCN(CCCc3c[nH]c4ccc(F)cc34)CC2)n1. The first kappa shape index (κ1) is 17.0. The van der Waals surface area contributed by atoms with E-state index < -0.39 is 0 Å². The molecule has 1 aliphatic rings. The third-order valence-electron chi connectivity index (χ3n) is 5.09. The molecule has 0 amide bonds. The zero-order valence-corrected chi connectivity index (χ0v) is 15.1. The highest BCUT2D eigenvalue weighted by Gasteiger charge is 2.18. The van der Waals surface area contributed by atoms with E-state index in [1.54, 1.807) is 12.1 Å². The second-order valence-corrected chi connectivity index (χ2v) is 6.93. The first-order chi connectivity index (χ1) is 12.7. The number of halogens is 1. The number of aromatic amines is 1. The maximum absolute atomic E-state index is 13.5. The summed E-state index contributed by atoms with van der Waals surface area (Å²) in [5, 5.41) is 1.01. The lowest BCUT2D eigenvalue weighted by Crippen LogP contribution is -2.47. The molecular weight excluding hydrogens is 329 g/mol. The van der Waals surface area contributed by atoms with Crippen LogP contribution in [0.4, 0.5) is 10.3 Å². The molecular formula is C20H24FN5. The minimum atomic E-state index is -0.173. The maximum atomic E-state index is 13.5. The van der Waals surface area contributed by atoms with Crippen LogP contribution in [0.15, 0.2) is 36.7 Å². The van der Waals surface area contributed by atoms with Gasteiger partial charge >= 0.3 is 0 Å². The molecule has 0 spiro atoms. The first-order valence-corrected chi connectivity index (χ1v) is 9.21. The highest BCUT2D eigenvalue weighted by atomic mass is 19.1. The van der Waals surface area contributed by atoms with Crippen LogP contribution < -0.4 is 4.90 Å². The Balaban J connectivity index is 1.28. The zero-order chi connectivity index (χ0) is 17.9. The van der Waals surface area contributed by atoms with Crippen molar-refractivity contribution in [3.05, 3.63) is 53.7 Å². The van der Waals surface area contributed by atoms with Crippen LogP contribution in [0.2, 0.25) is 0 Å². The molecule has 1 aliphatic heterocycles. The molecule has 2 aromatic heterocycles. The van der Waals surface area contributed by atoms with Crippen molar-refractivity contribution in [1.29, 1.82) is 0 Å². The minimum absolute atomic E-state index is 0.173. The molecule has 1 saturated heterocycles. The quantitative estimate of drug-likeness (QED) is 0.765.